The first-order valence-corrected chi connectivity index (χ1v) is 9.74. The van der Waals surface area contributed by atoms with Gasteiger partial charge in [0.25, 0.3) is 0 Å². The minimum atomic E-state index is -0.630. The Kier molecular flexibility index (Phi) is 5.46. The molecule has 0 radical (unpaired) electrons. The van der Waals surface area contributed by atoms with Crippen molar-refractivity contribution in [3.8, 4) is 5.75 Å². The van der Waals surface area contributed by atoms with Crippen LogP contribution in [0.5, 0.6) is 5.75 Å². The second-order valence-corrected chi connectivity index (χ2v) is 7.42. The molecule has 3 aromatic rings. The number of ether oxygens (including phenoxy) is 1. The summed E-state index contributed by atoms with van der Waals surface area (Å²) in [6.45, 7) is 2.10. The van der Waals surface area contributed by atoms with Crippen molar-refractivity contribution in [3.05, 3.63) is 65.4 Å². The molecular weight excluding hydrogens is 354 g/mol. The molecule has 28 heavy (non-hydrogen) atoms. The highest BCUT2D eigenvalue weighted by Gasteiger charge is 2.19. The highest BCUT2D eigenvalue weighted by Crippen LogP contribution is 2.29. The lowest BCUT2D eigenvalue weighted by atomic mass is 9.88. The van der Waals surface area contributed by atoms with Crippen molar-refractivity contribution in [1.29, 1.82) is 0 Å². The van der Waals surface area contributed by atoms with Gasteiger partial charge >= 0.3 is 0 Å². The van der Waals surface area contributed by atoms with Gasteiger partial charge in [-0.3, -0.25) is 4.79 Å². The number of rotatable bonds is 7. The molecule has 146 valence electrons. The fourth-order valence-corrected chi connectivity index (χ4v) is 3.74. The van der Waals surface area contributed by atoms with E-state index in [4.69, 9.17) is 9.15 Å². The SMILES string of the molecule is CC(=O)c1cc2cccc(OCC(O)CNC3CCc4ccccc4C3)c2o1. The molecule has 0 aliphatic heterocycles. The van der Waals surface area contributed by atoms with Crippen molar-refractivity contribution in [3.63, 3.8) is 0 Å². The van der Waals surface area contributed by atoms with E-state index in [9.17, 15) is 9.90 Å². The number of fused-ring (bicyclic) bond motifs is 2. The summed E-state index contributed by atoms with van der Waals surface area (Å²) in [5, 5.41) is 14.6. The Bertz CT molecular complexity index is 978. The zero-order valence-corrected chi connectivity index (χ0v) is 16.0. The van der Waals surface area contributed by atoms with E-state index < -0.39 is 6.10 Å². The van der Waals surface area contributed by atoms with Gasteiger partial charge in [0.1, 0.15) is 12.7 Å². The summed E-state index contributed by atoms with van der Waals surface area (Å²) >= 11 is 0. The average molecular weight is 379 g/mol. The van der Waals surface area contributed by atoms with Gasteiger partial charge in [-0.05, 0) is 42.5 Å². The summed E-state index contributed by atoms with van der Waals surface area (Å²) in [6.07, 6.45) is 2.50. The molecule has 0 fully saturated rings. The van der Waals surface area contributed by atoms with Crippen molar-refractivity contribution in [1.82, 2.24) is 5.32 Å². The summed E-state index contributed by atoms with van der Waals surface area (Å²) < 4.78 is 11.4. The number of aliphatic hydroxyl groups is 1. The number of carbonyl (C=O) groups excluding carboxylic acids is 1. The molecule has 2 aromatic carbocycles. The molecule has 1 aromatic heterocycles. The van der Waals surface area contributed by atoms with Crippen LogP contribution in [-0.2, 0) is 12.8 Å². The zero-order chi connectivity index (χ0) is 19.5. The maximum Gasteiger partial charge on any atom is 0.194 e. The van der Waals surface area contributed by atoms with Gasteiger partial charge in [0, 0.05) is 24.9 Å². The Morgan fingerprint density at radius 1 is 1.25 bits per heavy atom. The molecule has 0 saturated heterocycles. The third kappa shape index (κ3) is 4.11. The number of ketones is 1. The summed E-state index contributed by atoms with van der Waals surface area (Å²) in [6, 6.07) is 16.1. The van der Waals surface area contributed by atoms with Crippen LogP contribution in [0.3, 0.4) is 0 Å². The highest BCUT2D eigenvalue weighted by molar-refractivity contribution is 5.97. The molecule has 2 N–H and O–H groups in total. The second kappa shape index (κ2) is 8.17. The van der Waals surface area contributed by atoms with E-state index in [1.807, 2.05) is 12.1 Å². The van der Waals surface area contributed by atoms with E-state index in [0.717, 1.165) is 24.6 Å². The van der Waals surface area contributed by atoms with Crippen LogP contribution in [-0.4, -0.2) is 36.2 Å². The predicted molar refractivity (Wildman–Crippen MR) is 108 cm³/mol. The van der Waals surface area contributed by atoms with Gasteiger partial charge in [0.15, 0.2) is 22.9 Å². The minimum absolute atomic E-state index is 0.125. The summed E-state index contributed by atoms with van der Waals surface area (Å²) in [5.74, 6) is 0.724. The molecule has 1 heterocycles. The van der Waals surface area contributed by atoms with Crippen LogP contribution >= 0.6 is 0 Å². The topological polar surface area (TPSA) is 71.7 Å². The molecule has 0 amide bonds. The number of aryl methyl sites for hydroxylation is 1. The van der Waals surface area contributed by atoms with E-state index >= 15 is 0 Å². The van der Waals surface area contributed by atoms with Crippen LogP contribution in [0.2, 0.25) is 0 Å². The van der Waals surface area contributed by atoms with Crippen molar-refractivity contribution in [2.24, 2.45) is 0 Å². The highest BCUT2D eigenvalue weighted by atomic mass is 16.5. The molecule has 0 bridgehead atoms. The van der Waals surface area contributed by atoms with Crippen molar-refractivity contribution in [2.45, 2.75) is 38.3 Å². The summed E-state index contributed by atoms with van der Waals surface area (Å²) in [4.78, 5) is 11.5. The fourth-order valence-electron chi connectivity index (χ4n) is 3.74. The van der Waals surface area contributed by atoms with Gasteiger partial charge in [0.2, 0.25) is 0 Å². The monoisotopic (exact) mass is 379 g/mol. The van der Waals surface area contributed by atoms with Gasteiger partial charge in [-0.2, -0.15) is 0 Å². The van der Waals surface area contributed by atoms with Crippen LogP contribution in [0.4, 0.5) is 0 Å². The van der Waals surface area contributed by atoms with E-state index in [1.54, 1.807) is 12.1 Å². The summed E-state index contributed by atoms with van der Waals surface area (Å²) in [7, 11) is 0. The molecule has 2 atom stereocenters. The predicted octanol–water partition coefficient (Wildman–Crippen LogP) is 3.52. The van der Waals surface area contributed by atoms with Crippen LogP contribution in [0, 0.1) is 0 Å². The number of hydrogen-bond acceptors (Lipinski definition) is 5. The first-order chi connectivity index (χ1) is 13.6. The first kappa shape index (κ1) is 18.7. The van der Waals surface area contributed by atoms with Crippen LogP contribution in [0.1, 0.15) is 35.0 Å². The molecule has 5 nitrogen and oxygen atoms in total. The van der Waals surface area contributed by atoms with Crippen molar-refractivity contribution >= 4 is 16.8 Å². The number of furan rings is 1. The van der Waals surface area contributed by atoms with Gasteiger partial charge in [-0.25, -0.2) is 0 Å². The zero-order valence-electron chi connectivity index (χ0n) is 16.0. The molecule has 4 rings (SSSR count). The molecule has 0 saturated carbocycles. The largest absolute Gasteiger partial charge is 0.487 e. The molecule has 0 spiro atoms. The third-order valence-electron chi connectivity index (χ3n) is 5.28. The number of hydrogen-bond donors (Lipinski definition) is 2. The number of para-hydroxylation sites is 1. The second-order valence-electron chi connectivity index (χ2n) is 7.42. The molecule has 2 unspecified atom stereocenters. The molecule has 5 heteroatoms. The summed E-state index contributed by atoms with van der Waals surface area (Å²) in [5.41, 5.74) is 3.36. The van der Waals surface area contributed by atoms with Crippen LogP contribution < -0.4 is 10.1 Å². The van der Waals surface area contributed by atoms with Crippen molar-refractivity contribution in [2.75, 3.05) is 13.2 Å². The quantitative estimate of drug-likeness (QED) is 0.615. The first-order valence-electron chi connectivity index (χ1n) is 9.74. The molecule has 1 aliphatic carbocycles. The van der Waals surface area contributed by atoms with Gasteiger partial charge in [-0.1, -0.05) is 36.4 Å². The lowest BCUT2D eigenvalue weighted by molar-refractivity contribution is 0.0983. The lowest BCUT2D eigenvalue weighted by Gasteiger charge is -2.26. The number of carbonyl (C=O) groups is 1. The van der Waals surface area contributed by atoms with E-state index in [2.05, 4.69) is 29.6 Å². The average Bonchev–Trinajstić information content (AvgIpc) is 3.16. The third-order valence-corrected chi connectivity index (χ3v) is 5.28. The Hall–Kier alpha value is -2.63. The van der Waals surface area contributed by atoms with E-state index in [0.29, 0.717) is 29.7 Å². The Balaban J connectivity index is 1.31. The van der Waals surface area contributed by atoms with Crippen LogP contribution in [0.15, 0.2) is 52.9 Å². The number of benzene rings is 2. The normalized spacial score (nSPS) is 17.3. The van der Waals surface area contributed by atoms with Gasteiger partial charge in [-0.15, -0.1) is 0 Å². The van der Waals surface area contributed by atoms with Gasteiger partial charge < -0.3 is 19.6 Å². The van der Waals surface area contributed by atoms with Gasteiger partial charge in [0.05, 0.1) is 0 Å². The standard InChI is InChI=1S/C23H25NO4/c1-15(25)22-12-18-7-4-8-21(23(18)28-22)27-14-20(26)13-24-19-10-9-16-5-2-3-6-17(16)11-19/h2-8,12,19-20,24,26H,9-11,13-14H2,1H3. The molecular formula is C23H25NO4. The number of Topliss-reactive ketones (excluding diaryl/α,β-unsaturated/α-hetero) is 1. The lowest BCUT2D eigenvalue weighted by Crippen LogP contribution is -2.40. The van der Waals surface area contributed by atoms with E-state index in [1.165, 1.54) is 18.1 Å². The smallest absolute Gasteiger partial charge is 0.194 e. The maximum atomic E-state index is 11.5. The number of aliphatic hydroxyl groups excluding tert-OH is 1. The van der Waals surface area contributed by atoms with Crippen LogP contribution in [0.25, 0.3) is 11.0 Å². The number of nitrogens with one attached hydrogen (secondary N) is 1. The maximum absolute atomic E-state index is 11.5. The molecule has 1 aliphatic rings. The Labute approximate surface area is 164 Å². The minimum Gasteiger partial charge on any atom is -0.487 e. The fraction of sp³-hybridized carbons (Fsp3) is 0.348. The Morgan fingerprint density at radius 3 is 2.89 bits per heavy atom. The van der Waals surface area contributed by atoms with E-state index in [-0.39, 0.29) is 12.4 Å². The Morgan fingerprint density at radius 2 is 2.07 bits per heavy atom. The van der Waals surface area contributed by atoms with Crippen molar-refractivity contribution < 1.29 is 19.1 Å².